The Morgan fingerprint density at radius 1 is 1.59 bits per heavy atom. The normalized spacial score (nSPS) is 27.0. The van der Waals surface area contributed by atoms with Crippen molar-refractivity contribution in [3.8, 4) is 0 Å². The van der Waals surface area contributed by atoms with Gasteiger partial charge in [0.25, 0.3) is 5.91 Å². The Kier molecular flexibility index (Phi) is 3.10. The lowest BCUT2D eigenvalue weighted by Gasteiger charge is -2.33. The van der Waals surface area contributed by atoms with E-state index in [9.17, 15) is 9.59 Å². The smallest absolute Gasteiger partial charge is 0.333 e. The lowest BCUT2D eigenvalue weighted by molar-refractivity contribution is -0.149. The second kappa shape index (κ2) is 4.55. The van der Waals surface area contributed by atoms with Crippen LogP contribution in [0.4, 0.5) is 0 Å². The molecule has 1 heterocycles. The quantitative estimate of drug-likeness (QED) is 0.522. The average Bonchev–Trinajstić information content (AvgIpc) is 2.29. The van der Waals surface area contributed by atoms with Crippen LogP contribution in [0.25, 0.3) is 0 Å². The van der Waals surface area contributed by atoms with Gasteiger partial charge in [0.05, 0.1) is 12.6 Å². The highest BCUT2D eigenvalue weighted by Gasteiger charge is 2.37. The van der Waals surface area contributed by atoms with Crippen molar-refractivity contribution in [2.45, 2.75) is 19.0 Å². The fraction of sp³-hybridized carbons (Fsp3) is 0.333. The number of piperazine rings is 1. The van der Waals surface area contributed by atoms with Crippen molar-refractivity contribution in [3.63, 3.8) is 0 Å². The van der Waals surface area contributed by atoms with Crippen LogP contribution in [-0.4, -0.2) is 30.6 Å². The molecular weight excluding hydrogens is 220 g/mol. The molecule has 1 amide bonds. The van der Waals surface area contributed by atoms with Crippen molar-refractivity contribution in [2.24, 2.45) is 0 Å². The molecule has 1 fully saturated rings. The summed E-state index contributed by atoms with van der Waals surface area (Å²) in [6.45, 7) is 5.82. The molecule has 0 aromatic heterocycles. The van der Waals surface area contributed by atoms with Gasteiger partial charge in [-0.25, -0.2) is 4.79 Å². The maximum atomic E-state index is 11.7. The number of esters is 1. The molecule has 0 bridgehead atoms. The van der Waals surface area contributed by atoms with Gasteiger partial charge >= 0.3 is 5.97 Å². The Labute approximate surface area is 99.2 Å². The van der Waals surface area contributed by atoms with E-state index in [4.69, 9.17) is 4.74 Å². The number of allylic oxidation sites excluding steroid dienone is 2. The Morgan fingerprint density at radius 3 is 3.06 bits per heavy atom. The maximum absolute atomic E-state index is 11.7. The standard InChI is InChI=1S/C12H14N2O3/c1-3-17-12(16)10-11(15)13-8-6-4-5-7(2)9(8)14-10/h4-6,9-10,14H,2-3H2,1H3,(H,13,15). The summed E-state index contributed by atoms with van der Waals surface area (Å²) in [5.41, 5.74) is 1.51. The molecule has 2 rings (SSSR count). The fourth-order valence-electron chi connectivity index (χ4n) is 1.84. The molecule has 17 heavy (non-hydrogen) atoms. The van der Waals surface area contributed by atoms with Gasteiger partial charge < -0.3 is 10.1 Å². The minimum atomic E-state index is -0.972. The molecule has 0 spiro atoms. The summed E-state index contributed by atoms with van der Waals surface area (Å²) in [7, 11) is 0. The highest BCUT2D eigenvalue weighted by molar-refractivity contribution is 6.03. The van der Waals surface area contributed by atoms with E-state index in [2.05, 4.69) is 17.2 Å². The van der Waals surface area contributed by atoms with Gasteiger partial charge in [0.2, 0.25) is 0 Å². The number of hydrogen-bond acceptors (Lipinski definition) is 4. The van der Waals surface area contributed by atoms with Gasteiger partial charge in [-0.1, -0.05) is 18.7 Å². The minimum absolute atomic E-state index is 0.230. The Balaban J connectivity index is 2.17. The molecule has 1 aliphatic carbocycles. The summed E-state index contributed by atoms with van der Waals surface area (Å²) in [6.07, 6.45) is 5.42. The minimum Gasteiger partial charge on any atom is -0.464 e. The van der Waals surface area contributed by atoms with Gasteiger partial charge in [0.15, 0.2) is 6.04 Å². The van der Waals surface area contributed by atoms with Crippen LogP contribution in [-0.2, 0) is 14.3 Å². The number of rotatable bonds is 2. The van der Waals surface area contributed by atoms with Gasteiger partial charge in [-0.2, -0.15) is 0 Å². The third-order valence-electron chi connectivity index (χ3n) is 2.65. The van der Waals surface area contributed by atoms with E-state index in [1.165, 1.54) is 0 Å². The van der Waals surface area contributed by atoms with E-state index >= 15 is 0 Å². The van der Waals surface area contributed by atoms with Gasteiger partial charge in [-0.15, -0.1) is 0 Å². The van der Waals surface area contributed by atoms with Crippen molar-refractivity contribution in [1.29, 1.82) is 0 Å². The molecule has 1 saturated heterocycles. The second-order valence-electron chi connectivity index (χ2n) is 3.83. The van der Waals surface area contributed by atoms with E-state index in [1.54, 1.807) is 19.1 Å². The van der Waals surface area contributed by atoms with E-state index < -0.39 is 17.9 Å². The first kappa shape index (κ1) is 11.6. The SMILES string of the molecule is C=C1C=CC=C2NC(=O)C(C(=O)OCC)NC12. The average molecular weight is 234 g/mol. The van der Waals surface area contributed by atoms with Gasteiger partial charge in [-0.3, -0.25) is 10.1 Å². The van der Waals surface area contributed by atoms with Crippen molar-refractivity contribution in [1.82, 2.24) is 10.6 Å². The predicted octanol–water partition coefficient (Wildman–Crippen LogP) is 0.0160. The molecule has 2 atom stereocenters. The highest BCUT2D eigenvalue weighted by atomic mass is 16.5. The summed E-state index contributed by atoms with van der Waals surface area (Å²) < 4.78 is 4.84. The van der Waals surface area contributed by atoms with E-state index in [0.717, 1.165) is 5.57 Å². The van der Waals surface area contributed by atoms with E-state index in [0.29, 0.717) is 5.70 Å². The van der Waals surface area contributed by atoms with Gasteiger partial charge in [-0.05, 0) is 18.6 Å². The first-order valence-electron chi connectivity index (χ1n) is 5.44. The second-order valence-corrected chi connectivity index (χ2v) is 3.83. The van der Waals surface area contributed by atoms with Crippen LogP contribution in [0.2, 0.25) is 0 Å². The van der Waals surface area contributed by atoms with E-state index in [-0.39, 0.29) is 12.6 Å². The summed E-state index contributed by atoms with van der Waals surface area (Å²) in [5, 5.41) is 5.62. The van der Waals surface area contributed by atoms with Gasteiger partial charge in [0.1, 0.15) is 0 Å². The summed E-state index contributed by atoms with van der Waals surface area (Å²) in [4.78, 5) is 23.3. The monoisotopic (exact) mass is 234 g/mol. The number of ether oxygens (including phenoxy) is 1. The molecule has 5 nitrogen and oxygen atoms in total. The molecule has 5 heteroatoms. The number of nitrogens with one attached hydrogen (secondary N) is 2. The number of hydrogen-bond donors (Lipinski definition) is 2. The van der Waals surface area contributed by atoms with Crippen molar-refractivity contribution in [2.75, 3.05) is 6.61 Å². The van der Waals surface area contributed by atoms with Crippen LogP contribution < -0.4 is 10.6 Å². The van der Waals surface area contributed by atoms with Gasteiger partial charge in [0, 0.05) is 5.70 Å². The molecular formula is C12H14N2O3. The molecule has 0 radical (unpaired) electrons. The zero-order valence-electron chi connectivity index (χ0n) is 9.53. The van der Waals surface area contributed by atoms with Crippen LogP contribution >= 0.6 is 0 Å². The summed E-state index contributed by atoms with van der Waals surface area (Å²) in [5.74, 6) is -0.958. The topological polar surface area (TPSA) is 67.4 Å². The van der Waals surface area contributed by atoms with Crippen LogP contribution in [0.3, 0.4) is 0 Å². The summed E-state index contributed by atoms with van der Waals surface area (Å²) >= 11 is 0. The van der Waals surface area contributed by atoms with Crippen LogP contribution in [0.15, 0.2) is 36.1 Å². The maximum Gasteiger partial charge on any atom is 0.333 e. The van der Waals surface area contributed by atoms with E-state index in [1.807, 2.05) is 6.08 Å². The molecule has 0 aromatic carbocycles. The molecule has 2 N–H and O–H groups in total. The first-order chi connectivity index (χ1) is 8.13. The number of carbonyl (C=O) groups is 2. The van der Waals surface area contributed by atoms with Crippen LogP contribution in [0.1, 0.15) is 6.92 Å². The Morgan fingerprint density at radius 2 is 2.35 bits per heavy atom. The zero-order chi connectivity index (χ0) is 12.4. The lowest BCUT2D eigenvalue weighted by atomic mass is 9.96. The highest BCUT2D eigenvalue weighted by Crippen LogP contribution is 2.19. The zero-order valence-corrected chi connectivity index (χ0v) is 9.53. The van der Waals surface area contributed by atoms with Crippen LogP contribution in [0.5, 0.6) is 0 Å². The number of amides is 1. The molecule has 0 aromatic rings. The van der Waals surface area contributed by atoms with Crippen LogP contribution in [0, 0.1) is 0 Å². The molecule has 2 unspecified atom stereocenters. The third-order valence-corrected chi connectivity index (χ3v) is 2.65. The Bertz CT molecular complexity index is 437. The van der Waals surface area contributed by atoms with Crippen molar-refractivity contribution in [3.05, 3.63) is 36.1 Å². The molecule has 0 saturated carbocycles. The molecule has 2 aliphatic rings. The molecule has 90 valence electrons. The Hall–Kier alpha value is -1.88. The predicted molar refractivity (Wildman–Crippen MR) is 61.9 cm³/mol. The third kappa shape index (κ3) is 2.14. The molecule has 1 aliphatic heterocycles. The number of carbonyl (C=O) groups excluding carboxylic acids is 2. The fourth-order valence-corrected chi connectivity index (χ4v) is 1.84. The number of fused-ring (bicyclic) bond motifs is 1. The lowest BCUT2D eigenvalue weighted by Crippen LogP contribution is -2.61. The largest absolute Gasteiger partial charge is 0.464 e. The van der Waals surface area contributed by atoms with Crippen molar-refractivity contribution < 1.29 is 14.3 Å². The first-order valence-corrected chi connectivity index (χ1v) is 5.44. The van der Waals surface area contributed by atoms with Crippen molar-refractivity contribution >= 4 is 11.9 Å². The summed E-state index contributed by atoms with van der Waals surface area (Å²) in [6, 6.07) is -1.20.